The maximum Gasteiger partial charge on any atom is 0.230 e. The van der Waals surface area contributed by atoms with Crippen LogP contribution in [0.4, 0.5) is 0 Å². The Morgan fingerprint density at radius 3 is 2.42 bits per heavy atom. The van der Waals surface area contributed by atoms with Crippen molar-refractivity contribution in [2.24, 2.45) is 34.8 Å². The van der Waals surface area contributed by atoms with Crippen LogP contribution >= 0.6 is 0 Å². The summed E-state index contributed by atoms with van der Waals surface area (Å²) >= 11 is 0. The second-order valence-electron chi connectivity index (χ2n) is 7.85. The summed E-state index contributed by atoms with van der Waals surface area (Å²) in [4.78, 5) is 4.62. The van der Waals surface area contributed by atoms with Crippen LogP contribution in [-0.2, 0) is 0 Å². The predicted molar refractivity (Wildman–Crippen MR) is 71.2 cm³/mol. The number of hydrogen-bond donors (Lipinski definition) is 1. The number of rotatable bonds is 2. The fourth-order valence-corrected chi connectivity index (χ4v) is 4.55. The van der Waals surface area contributed by atoms with Crippen molar-refractivity contribution in [3.05, 3.63) is 11.7 Å². The van der Waals surface area contributed by atoms with Crippen LogP contribution in [0.5, 0.6) is 0 Å². The molecular weight excluding hydrogens is 238 g/mol. The van der Waals surface area contributed by atoms with Gasteiger partial charge in [0.15, 0.2) is 5.82 Å². The third-order valence-electron chi connectivity index (χ3n) is 5.69. The van der Waals surface area contributed by atoms with Crippen LogP contribution in [0.1, 0.15) is 63.7 Å². The summed E-state index contributed by atoms with van der Waals surface area (Å²) in [6.07, 6.45) is 4.30. The Labute approximate surface area is 114 Å². The zero-order chi connectivity index (χ0) is 13.4. The Balaban J connectivity index is 1.54. The van der Waals surface area contributed by atoms with E-state index in [1.165, 1.54) is 19.3 Å². The van der Waals surface area contributed by atoms with Crippen LogP contribution in [0, 0.1) is 29.1 Å². The molecule has 0 spiro atoms. The molecule has 3 aliphatic carbocycles. The van der Waals surface area contributed by atoms with Crippen molar-refractivity contribution in [2.45, 2.75) is 52.0 Å². The highest BCUT2D eigenvalue weighted by Gasteiger charge is 2.67. The molecule has 3 aliphatic rings. The van der Waals surface area contributed by atoms with Gasteiger partial charge >= 0.3 is 0 Å². The number of nitrogens with two attached hydrogens (primary N) is 1. The molecule has 5 unspecified atom stereocenters. The molecule has 3 fully saturated rings. The monoisotopic (exact) mass is 261 g/mol. The minimum Gasteiger partial charge on any atom is -0.339 e. The first kappa shape index (κ1) is 11.9. The summed E-state index contributed by atoms with van der Waals surface area (Å²) in [5, 5.41) is 4.13. The lowest BCUT2D eigenvalue weighted by atomic mass is 9.87. The Morgan fingerprint density at radius 1 is 1.21 bits per heavy atom. The van der Waals surface area contributed by atoms with Gasteiger partial charge in [0.05, 0.1) is 6.04 Å². The van der Waals surface area contributed by atoms with Crippen LogP contribution in [0.3, 0.4) is 0 Å². The molecular formula is C15H23N3O. The zero-order valence-electron chi connectivity index (χ0n) is 12.0. The van der Waals surface area contributed by atoms with E-state index in [2.05, 4.69) is 30.9 Å². The van der Waals surface area contributed by atoms with Gasteiger partial charge in [-0.05, 0) is 48.3 Å². The summed E-state index contributed by atoms with van der Waals surface area (Å²) in [7, 11) is 0. The summed E-state index contributed by atoms with van der Waals surface area (Å²) < 4.78 is 5.52. The van der Waals surface area contributed by atoms with E-state index in [0.717, 1.165) is 29.6 Å². The molecule has 2 N–H and O–H groups in total. The van der Waals surface area contributed by atoms with Gasteiger partial charge in [-0.1, -0.05) is 25.9 Å². The first-order chi connectivity index (χ1) is 8.97. The highest BCUT2D eigenvalue weighted by Crippen LogP contribution is 2.72. The smallest absolute Gasteiger partial charge is 0.230 e. The highest BCUT2D eigenvalue weighted by molar-refractivity contribution is 5.23. The molecule has 4 rings (SSSR count). The molecule has 5 atom stereocenters. The fourth-order valence-electron chi connectivity index (χ4n) is 4.55. The van der Waals surface area contributed by atoms with E-state index in [4.69, 9.17) is 10.3 Å². The van der Waals surface area contributed by atoms with Crippen LogP contribution in [0.15, 0.2) is 4.52 Å². The molecule has 0 amide bonds. The third kappa shape index (κ3) is 1.62. The van der Waals surface area contributed by atoms with Crippen LogP contribution in [0.2, 0.25) is 0 Å². The summed E-state index contributed by atoms with van der Waals surface area (Å²) in [6, 6.07) is -0.152. The Hall–Kier alpha value is -0.900. The van der Waals surface area contributed by atoms with E-state index >= 15 is 0 Å². The molecule has 0 radical (unpaired) electrons. The van der Waals surface area contributed by atoms with Crippen molar-refractivity contribution in [1.82, 2.24) is 10.1 Å². The maximum atomic E-state index is 6.20. The van der Waals surface area contributed by atoms with Gasteiger partial charge in [-0.15, -0.1) is 0 Å². The van der Waals surface area contributed by atoms with Gasteiger partial charge in [-0.3, -0.25) is 0 Å². The molecule has 1 aromatic heterocycles. The minimum absolute atomic E-state index is 0.0282. The molecule has 19 heavy (non-hydrogen) atoms. The van der Waals surface area contributed by atoms with Crippen LogP contribution in [0.25, 0.3) is 0 Å². The van der Waals surface area contributed by atoms with E-state index in [1.54, 1.807) is 0 Å². The van der Waals surface area contributed by atoms with E-state index in [0.29, 0.717) is 11.7 Å². The largest absolute Gasteiger partial charge is 0.339 e. The van der Waals surface area contributed by atoms with Crippen molar-refractivity contribution in [3.8, 4) is 0 Å². The molecule has 1 heterocycles. The molecule has 2 bridgehead atoms. The Kier molecular flexibility index (Phi) is 2.25. The zero-order valence-corrected chi connectivity index (χ0v) is 12.0. The van der Waals surface area contributed by atoms with Gasteiger partial charge in [-0.25, -0.2) is 0 Å². The van der Waals surface area contributed by atoms with Gasteiger partial charge in [0.1, 0.15) is 0 Å². The SMILES string of the molecule is CC(C)(C)C(N)c1noc(C2C3C4CCC(C4)C23)n1. The van der Waals surface area contributed by atoms with Crippen molar-refractivity contribution < 1.29 is 4.52 Å². The lowest BCUT2D eigenvalue weighted by molar-refractivity contribution is 0.298. The normalized spacial score (nSPS) is 41.4. The lowest BCUT2D eigenvalue weighted by Gasteiger charge is -2.23. The third-order valence-corrected chi connectivity index (χ3v) is 5.69. The standard InChI is InChI=1S/C15H23N3O/c1-15(2,3)12(16)13-17-14(19-18-13)11-9-7-4-5-8(6-7)10(9)11/h7-12H,4-6,16H2,1-3H3. The van der Waals surface area contributed by atoms with Crippen molar-refractivity contribution in [3.63, 3.8) is 0 Å². The van der Waals surface area contributed by atoms with Crippen molar-refractivity contribution in [1.29, 1.82) is 0 Å². The predicted octanol–water partition coefficient (Wildman–Crippen LogP) is 2.88. The molecule has 3 saturated carbocycles. The first-order valence-corrected chi connectivity index (χ1v) is 7.56. The molecule has 1 aromatic rings. The van der Waals surface area contributed by atoms with Crippen LogP contribution < -0.4 is 5.73 Å². The molecule has 4 nitrogen and oxygen atoms in total. The molecule has 0 saturated heterocycles. The van der Waals surface area contributed by atoms with Gasteiger partial charge in [0.2, 0.25) is 5.89 Å². The maximum absolute atomic E-state index is 6.20. The minimum atomic E-state index is -0.152. The first-order valence-electron chi connectivity index (χ1n) is 7.56. The summed E-state index contributed by atoms with van der Waals surface area (Å²) in [5.74, 6) is 5.66. The van der Waals surface area contributed by atoms with Crippen molar-refractivity contribution >= 4 is 0 Å². The molecule has 4 heteroatoms. The number of nitrogens with zero attached hydrogens (tertiary/aromatic N) is 2. The number of hydrogen-bond acceptors (Lipinski definition) is 4. The van der Waals surface area contributed by atoms with E-state index in [1.807, 2.05) is 0 Å². The summed E-state index contributed by atoms with van der Waals surface area (Å²) in [5.41, 5.74) is 6.18. The van der Waals surface area contributed by atoms with Crippen molar-refractivity contribution in [2.75, 3.05) is 0 Å². The lowest BCUT2D eigenvalue weighted by Crippen LogP contribution is -2.27. The fraction of sp³-hybridized carbons (Fsp3) is 0.867. The highest BCUT2D eigenvalue weighted by atomic mass is 16.5. The van der Waals surface area contributed by atoms with E-state index in [-0.39, 0.29) is 11.5 Å². The van der Waals surface area contributed by atoms with Gasteiger partial charge < -0.3 is 10.3 Å². The topological polar surface area (TPSA) is 64.9 Å². The van der Waals surface area contributed by atoms with E-state index in [9.17, 15) is 0 Å². The van der Waals surface area contributed by atoms with E-state index < -0.39 is 0 Å². The summed E-state index contributed by atoms with van der Waals surface area (Å²) in [6.45, 7) is 6.33. The second-order valence-corrected chi connectivity index (χ2v) is 7.85. The van der Waals surface area contributed by atoms with Gasteiger partial charge in [-0.2, -0.15) is 4.98 Å². The average Bonchev–Trinajstić information content (AvgIpc) is 2.78. The number of fused-ring (bicyclic) bond motifs is 5. The quantitative estimate of drug-likeness (QED) is 0.889. The Morgan fingerprint density at radius 2 is 1.84 bits per heavy atom. The average molecular weight is 261 g/mol. The Bertz CT molecular complexity index is 488. The van der Waals surface area contributed by atoms with Gasteiger partial charge in [0, 0.05) is 5.92 Å². The van der Waals surface area contributed by atoms with Crippen LogP contribution in [-0.4, -0.2) is 10.1 Å². The van der Waals surface area contributed by atoms with Gasteiger partial charge in [0.25, 0.3) is 0 Å². The molecule has 104 valence electrons. The second kappa shape index (κ2) is 3.60. The molecule has 0 aliphatic heterocycles. The molecule has 0 aromatic carbocycles. The number of aromatic nitrogens is 2.